The molecule has 0 saturated heterocycles. The van der Waals surface area contributed by atoms with Crippen LogP contribution in [0.1, 0.15) is 19.8 Å². The Morgan fingerprint density at radius 3 is 2.33 bits per heavy atom. The Labute approximate surface area is 70.4 Å². The quantitative estimate of drug-likeness (QED) is 0.525. The highest BCUT2D eigenvalue weighted by Gasteiger charge is 2.19. The van der Waals surface area contributed by atoms with E-state index in [2.05, 4.69) is 5.32 Å². The summed E-state index contributed by atoms with van der Waals surface area (Å²) < 4.78 is 0. The Morgan fingerprint density at radius 1 is 1.42 bits per heavy atom. The maximum Gasteiger partial charge on any atom is 0.321 e. The molecule has 1 atom stereocenters. The second-order valence-electron chi connectivity index (χ2n) is 2.44. The number of nitrogens with one attached hydrogen (secondary N) is 1. The average Bonchev–Trinajstić information content (AvgIpc) is 1.96. The van der Waals surface area contributed by atoms with Gasteiger partial charge in [0, 0.05) is 0 Å². The zero-order valence-electron chi connectivity index (χ0n) is 6.91. The molecule has 0 aromatic rings. The van der Waals surface area contributed by atoms with Crippen molar-refractivity contribution in [1.29, 1.82) is 0 Å². The summed E-state index contributed by atoms with van der Waals surface area (Å²) in [6, 6.07) is -0.970. The molecule has 0 aromatic carbocycles. The highest BCUT2D eigenvalue weighted by atomic mass is 16.4. The van der Waals surface area contributed by atoms with Gasteiger partial charge < -0.3 is 15.5 Å². The molecule has 0 aliphatic carbocycles. The van der Waals surface area contributed by atoms with Gasteiger partial charge in [-0.3, -0.25) is 9.59 Å². The van der Waals surface area contributed by atoms with Crippen LogP contribution in [0.15, 0.2) is 0 Å². The van der Waals surface area contributed by atoms with Crippen LogP contribution < -0.4 is 5.32 Å². The van der Waals surface area contributed by atoms with Crippen molar-refractivity contribution in [2.24, 2.45) is 0 Å². The predicted molar refractivity (Wildman–Crippen MR) is 42.0 cm³/mol. The first kappa shape index (κ1) is 10.9. The molecule has 0 bridgehead atoms. The SMILES string of the molecule is CCCN[C@H](CC(=O)O)C(=O)O. The maximum absolute atomic E-state index is 10.4. The lowest BCUT2D eigenvalue weighted by atomic mass is 10.2. The number of hydrogen-bond acceptors (Lipinski definition) is 3. The van der Waals surface area contributed by atoms with Crippen LogP contribution in [0.3, 0.4) is 0 Å². The number of carboxylic acid groups (broad SMARTS) is 2. The zero-order chi connectivity index (χ0) is 9.56. The minimum absolute atomic E-state index is 0.380. The van der Waals surface area contributed by atoms with E-state index in [9.17, 15) is 9.59 Å². The van der Waals surface area contributed by atoms with E-state index in [1.54, 1.807) is 0 Å². The highest BCUT2D eigenvalue weighted by Crippen LogP contribution is 1.92. The molecule has 0 aliphatic heterocycles. The number of hydrogen-bond donors (Lipinski definition) is 3. The first-order valence-corrected chi connectivity index (χ1v) is 3.76. The van der Waals surface area contributed by atoms with E-state index in [1.807, 2.05) is 6.92 Å². The van der Waals surface area contributed by atoms with Crippen LogP contribution in [-0.4, -0.2) is 34.7 Å². The largest absolute Gasteiger partial charge is 0.481 e. The fourth-order valence-electron chi connectivity index (χ4n) is 0.740. The Kier molecular flexibility index (Phi) is 5.03. The smallest absolute Gasteiger partial charge is 0.321 e. The van der Waals surface area contributed by atoms with Crippen molar-refractivity contribution in [1.82, 2.24) is 5.32 Å². The van der Waals surface area contributed by atoms with Crippen LogP contribution in [0, 0.1) is 0 Å². The molecule has 0 radical (unpaired) electrons. The monoisotopic (exact) mass is 175 g/mol. The van der Waals surface area contributed by atoms with Gasteiger partial charge in [0.1, 0.15) is 6.04 Å². The molecule has 3 N–H and O–H groups in total. The molecular formula is C7H13NO4. The summed E-state index contributed by atoms with van der Waals surface area (Å²) in [6.45, 7) is 2.40. The lowest BCUT2D eigenvalue weighted by molar-refractivity contribution is -0.145. The summed E-state index contributed by atoms with van der Waals surface area (Å²) in [4.78, 5) is 20.6. The van der Waals surface area contributed by atoms with E-state index in [0.29, 0.717) is 6.54 Å². The molecule has 0 rings (SSSR count). The molecule has 0 spiro atoms. The van der Waals surface area contributed by atoms with E-state index >= 15 is 0 Å². The van der Waals surface area contributed by atoms with Gasteiger partial charge in [0.2, 0.25) is 0 Å². The van der Waals surface area contributed by atoms with Crippen molar-refractivity contribution < 1.29 is 19.8 Å². The van der Waals surface area contributed by atoms with Gasteiger partial charge >= 0.3 is 11.9 Å². The molecule has 12 heavy (non-hydrogen) atoms. The van der Waals surface area contributed by atoms with Gasteiger partial charge in [-0.05, 0) is 13.0 Å². The Hall–Kier alpha value is -1.10. The van der Waals surface area contributed by atoms with Gasteiger partial charge in [-0.15, -0.1) is 0 Å². The fraction of sp³-hybridized carbons (Fsp3) is 0.714. The first-order chi connectivity index (χ1) is 5.57. The predicted octanol–water partition coefficient (Wildman–Crippen LogP) is -0.0861. The summed E-state index contributed by atoms with van der Waals surface area (Å²) in [5, 5.41) is 19.5. The van der Waals surface area contributed by atoms with Crippen LogP contribution >= 0.6 is 0 Å². The summed E-state index contributed by atoms with van der Waals surface area (Å²) in [5.41, 5.74) is 0. The Morgan fingerprint density at radius 2 is 2.00 bits per heavy atom. The zero-order valence-corrected chi connectivity index (χ0v) is 6.91. The lowest BCUT2D eigenvalue weighted by Gasteiger charge is -2.10. The summed E-state index contributed by atoms with van der Waals surface area (Å²) in [6.07, 6.45) is 0.402. The van der Waals surface area contributed by atoms with E-state index in [-0.39, 0.29) is 6.42 Å². The van der Waals surface area contributed by atoms with E-state index < -0.39 is 18.0 Å². The third-order valence-corrected chi connectivity index (χ3v) is 1.32. The normalized spacial score (nSPS) is 12.4. The van der Waals surface area contributed by atoms with Gasteiger partial charge in [-0.25, -0.2) is 0 Å². The number of rotatable bonds is 6. The average molecular weight is 175 g/mol. The van der Waals surface area contributed by atoms with Gasteiger partial charge in [0.25, 0.3) is 0 Å². The van der Waals surface area contributed by atoms with Gasteiger partial charge in [-0.2, -0.15) is 0 Å². The summed E-state index contributed by atoms with van der Waals surface area (Å²) in [7, 11) is 0. The fourth-order valence-corrected chi connectivity index (χ4v) is 0.740. The van der Waals surface area contributed by atoms with Crippen LogP contribution in [0.4, 0.5) is 0 Å². The van der Waals surface area contributed by atoms with Crippen molar-refractivity contribution >= 4 is 11.9 Å². The number of aliphatic carboxylic acids is 2. The second kappa shape index (κ2) is 5.54. The Balaban J connectivity index is 3.87. The van der Waals surface area contributed by atoms with Crippen LogP contribution in [0.5, 0.6) is 0 Å². The van der Waals surface area contributed by atoms with Crippen molar-refractivity contribution in [2.45, 2.75) is 25.8 Å². The maximum atomic E-state index is 10.4. The molecule has 0 unspecified atom stereocenters. The topological polar surface area (TPSA) is 86.6 Å². The molecule has 5 nitrogen and oxygen atoms in total. The number of carbonyl (C=O) groups is 2. The molecule has 0 aromatic heterocycles. The van der Waals surface area contributed by atoms with E-state index in [0.717, 1.165) is 6.42 Å². The van der Waals surface area contributed by atoms with Gasteiger partial charge in [-0.1, -0.05) is 6.92 Å². The van der Waals surface area contributed by atoms with Crippen LogP contribution in [-0.2, 0) is 9.59 Å². The van der Waals surface area contributed by atoms with Crippen molar-refractivity contribution in [2.75, 3.05) is 6.54 Å². The second-order valence-corrected chi connectivity index (χ2v) is 2.44. The third kappa shape index (κ3) is 4.68. The van der Waals surface area contributed by atoms with Crippen molar-refractivity contribution in [3.05, 3.63) is 0 Å². The summed E-state index contributed by atoms with van der Waals surface area (Å²) >= 11 is 0. The van der Waals surface area contributed by atoms with Crippen LogP contribution in [0.25, 0.3) is 0 Å². The lowest BCUT2D eigenvalue weighted by Crippen LogP contribution is -2.38. The molecule has 70 valence electrons. The van der Waals surface area contributed by atoms with Crippen LogP contribution in [0.2, 0.25) is 0 Å². The molecule has 0 aliphatic rings. The molecule has 0 amide bonds. The van der Waals surface area contributed by atoms with Crippen molar-refractivity contribution in [3.63, 3.8) is 0 Å². The molecule has 5 heteroatoms. The molecule has 0 heterocycles. The van der Waals surface area contributed by atoms with Crippen molar-refractivity contribution in [3.8, 4) is 0 Å². The highest BCUT2D eigenvalue weighted by molar-refractivity contribution is 5.80. The van der Waals surface area contributed by atoms with Gasteiger partial charge in [0.15, 0.2) is 0 Å². The molecule has 0 saturated carbocycles. The summed E-state index contributed by atoms with van der Waals surface area (Å²) in [5.74, 6) is -2.23. The van der Waals surface area contributed by atoms with E-state index in [4.69, 9.17) is 10.2 Å². The third-order valence-electron chi connectivity index (χ3n) is 1.32. The Bertz CT molecular complexity index is 169. The van der Waals surface area contributed by atoms with E-state index in [1.165, 1.54) is 0 Å². The molecule has 0 fully saturated rings. The first-order valence-electron chi connectivity index (χ1n) is 3.76. The minimum atomic E-state index is -1.12. The van der Waals surface area contributed by atoms with Gasteiger partial charge in [0.05, 0.1) is 6.42 Å². The standard InChI is InChI=1S/C7H13NO4/c1-2-3-8-5(7(11)12)4-6(9)10/h5,8H,2-4H2,1H3,(H,9,10)(H,11,12)/t5-/m1/s1. The molecular weight excluding hydrogens is 162 g/mol. The minimum Gasteiger partial charge on any atom is -0.481 e. The number of carboxylic acids is 2.